The maximum absolute atomic E-state index is 13.8. The molecule has 0 heterocycles. The molecule has 0 aliphatic rings. The van der Waals surface area contributed by atoms with Gasteiger partial charge in [-0.3, -0.25) is 9.59 Å². The van der Waals surface area contributed by atoms with Gasteiger partial charge in [-0.15, -0.1) is 0 Å². The van der Waals surface area contributed by atoms with E-state index in [2.05, 4.69) is 5.32 Å². The number of hydrogen-bond donors (Lipinski definition) is 1. The van der Waals surface area contributed by atoms with Crippen molar-refractivity contribution in [1.82, 2.24) is 10.2 Å². The maximum atomic E-state index is 13.8. The molecule has 0 radical (unpaired) electrons. The first-order chi connectivity index (χ1) is 13.5. The summed E-state index contributed by atoms with van der Waals surface area (Å²) >= 11 is 0. The fourth-order valence-electron chi connectivity index (χ4n) is 2.54. The van der Waals surface area contributed by atoms with E-state index in [0.717, 1.165) is 5.75 Å². The molecule has 150 valence electrons. The number of rotatable bonds is 10. The molecule has 2 rings (SSSR count). The Bertz CT molecular complexity index is 780. The normalized spacial score (nSPS) is 10.2. The summed E-state index contributed by atoms with van der Waals surface area (Å²) in [6.45, 7) is 2.42. The van der Waals surface area contributed by atoms with Crippen molar-refractivity contribution in [3.8, 4) is 11.5 Å². The van der Waals surface area contributed by atoms with Crippen molar-refractivity contribution in [3.05, 3.63) is 59.9 Å². The van der Waals surface area contributed by atoms with Crippen LogP contribution in [0.4, 0.5) is 4.39 Å². The third-order valence-corrected chi connectivity index (χ3v) is 4.13. The highest BCUT2D eigenvalue weighted by molar-refractivity contribution is 5.78. The zero-order chi connectivity index (χ0) is 20.4. The molecular weight excluding hydrogens is 363 g/mol. The van der Waals surface area contributed by atoms with Gasteiger partial charge in [0, 0.05) is 32.0 Å². The van der Waals surface area contributed by atoms with E-state index < -0.39 is 0 Å². The molecule has 1 N–H and O–H groups in total. The van der Waals surface area contributed by atoms with Crippen LogP contribution < -0.4 is 14.8 Å². The Kier molecular flexibility index (Phi) is 8.27. The second-order valence-corrected chi connectivity index (χ2v) is 6.16. The Morgan fingerprint density at radius 1 is 1.07 bits per heavy atom. The number of benzene rings is 2. The van der Waals surface area contributed by atoms with Gasteiger partial charge in [-0.25, -0.2) is 4.39 Å². The maximum Gasteiger partial charge on any atom is 0.221 e. The van der Waals surface area contributed by atoms with Crippen molar-refractivity contribution in [2.75, 3.05) is 26.8 Å². The fraction of sp³-hybridized carbons (Fsp3) is 0.333. The summed E-state index contributed by atoms with van der Waals surface area (Å²) in [5, 5.41) is 2.74. The Morgan fingerprint density at radius 2 is 1.75 bits per heavy atom. The van der Waals surface area contributed by atoms with Crippen LogP contribution in [0.25, 0.3) is 0 Å². The summed E-state index contributed by atoms with van der Waals surface area (Å²) in [5.74, 6) is 0.652. The van der Waals surface area contributed by atoms with E-state index in [-0.39, 0.29) is 37.1 Å². The lowest BCUT2D eigenvalue weighted by molar-refractivity contribution is -0.130. The van der Waals surface area contributed by atoms with Crippen LogP contribution in [0.2, 0.25) is 0 Å². The summed E-state index contributed by atoms with van der Waals surface area (Å²) in [7, 11) is 1.59. The number of carbonyl (C=O) groups is 2. The molecule has 0 spiro atoms. The van der Waals surface area contributed by atoms with E-state index >= 15 is 0 Å². The van der Waals surface area contributed by atoms with Crippen LogP contribution in [0.1, 0.15) is 18.9 Å². The summed E-state index contributed by atoms with van der Waals surface area (Å²) in [6.07, 6.45) is 0.135. The van der Waals surface area contributed by atoms with Crippen molar-refractivity contribution in [3.63, 3.8) is 0 Å². The number of carbonyl (C=O) groups excluding carboxylic acids is 2. The minimum atomic E-state index is -0.367. The Hall–Kier alpha value is -3.09. The molecule has 6 nitrogen and oxygen atoms in total. The van der Waals surface area contributed by atoms with Gasteiger partial charge in [-0.1, -0.05) is 18.2 Å². The number of methoxy groups -OCH3 is 1. The predicted octanol–water partition coefficient (Wildman–Crippen LogP) is 2.77. The molecule has 2 aromatic rings. The number of amides is 2. The van der Waals surface area contributed by atoms with Gasteiger partial charge in [-0.05, 0) is 30.3 Å². The van der Waals surface area contributed by atoms with Crippen molar-refractivity contribution in [2.24, 2.45) is 0 Å². The van der Waals surface area contributed by atoms with E-state index in [1.807, 2.05) is 0 Å². The number of halogens is 1. The van der Waals surface area contributed by atoms with Crippen molar-refractivity contribution in [1.29, 1.82) is 0 Å². The van der Waals surface area contributed by atoms with Crippen LogP contribution in [-0.4, -0.2) is 43.5 Å². The Balaban J connectivity index is 1.70. The molecule has 2 aromatic carbocycles. The van der Waals surface area contributed by atoms with Gasteiger partial charge < -0.3 is 19.7 Å². The summed E-state index contributed by atoms with van der Waals surface area (Å²) in [4.78, 5) is 25.2. The van der Waals surface area contributed by atoms with Crippen LogP contribution in [0.5, 0.6) is 11.5 Å². The lowest BCUT2D eigenvalue weighted by Gasteiger charge is -2.21. The van der Waals surface area contributed by atoms with Crippen LogP contribution in [0.3, 0.4) is 0 Å². The molecule has 0 aliphatic carbocycles. The minimum Gasteiger partial charge on any atom is -0.497 e. The summed E-state index contributed by atoms with van der Waals surface area (Å²) in [5.41, 5.74) is 0.422. The Morgan fingerprint density at radius 3 is 2.39 bits per heavy atom. The highest BCUT2D eigenvalue weighted by Crippen LogP contribution is 2.16. The quantitative estimate of drug-likeness (QED) is 0.636. The van der Waals surface area contributed by atoms with E-state index in [0.29, 0.717) is 24.5 Å². The smallest absolute Gasteiger partial charge is 0.221 e. The first-order valence-corrected chi connectivity index (χ1v) is 9.02. The first-order valence-electron chi connectivity index (χ1n) is 9.02. The standard InChI is InChI=1S/C21H25FN2O4/c1-16(25)24(15-17-5-3-4-6-20(17)22)13-11-21(26)23-12-14-28-19-9-7-18(27-2)8-10-19/h3-10H,11-15H2,1-2H3,(H,23,26). The third-order valence-electron chi connectivity index (χ3n) is 4.13. The summed E-state index contributed by atoms with van der Waals surface area (Å²) in [6, 6.07) is 13.4. The lowest BCUT2D eigenvalue weighted by Crippen LogP contribution is -2.35. The molecule has 0 unspecified atom stereocenters. The minimum absolute atomic E-state index is 0.135. The first kappa shape index (κ1) is 21.2. The van der Waals surface area contributed by atoms with E-state index in [1.165, 1.54) is 17.9 Å². The topological polar surface area (TPSA) is 67.9 Å². The number of nitrogens with one attached hydrogen (secondary N) is 1. The molecule has 28 heavy (non-hydrogen) atoms. The number of ether oxygens (including phenoxy) is 2. The highest BCUT2D eigenvalue weighted by atomic mass is 19.1. The average Bonchev–Trinajstić information content (AvgIpc) is 2.70. The third kappa shape index (κ3) is 6.90. The second-order valence-electron chi connectivity index (χ2n) is 6.16. The van der Waals surface area contributed by atoms with E-state index in [1.54, 1.807) is 49.6 Å². The van der Waals surface area contributed by atoms with Crippen LogP contribution in [-0.2, 0) is 16.1 Å². The van der Waals surface area contributed by atoms with Gasteiger partial charge in [0.1, 0.15) is 23.9 Å². The largest absolute Gasteiger partial charge is 0.497 e. The molecular formula is C21H25FN2O4. The molecule has 7 heteroatoms. The number of nitrogens with zero attached hydrogens (tertiary/aromatic N) is 1. The molecule has 0 aromatic heterocycles. The van der Waals surface area contributed by atoms with Crippen LogP contribution >= 0.6 is 0 Å². The van der Waals surface area contributed by atoms with Gasteiger partial charge in [0.15, 0.2) is 0 Å². The SMILES string of the molecule is COc1ccc(OCCNC(=O)CCN(Cc2ccccc2F)C(C)=O)cc1. The molecule has 0 atom stereocenters. The van der Waals surface area contributed by atoms with E-state index in [4.69, 9.17) is 9.47 Å². The van der Waals surface area contributed by atoms with E-state index in [9.17, 15) is 14.0 Å². The average molecular weight is 388 g/mol. The van der Waals surface area contributed by atoms with Gasteiger partial charge >= 0.3 is 0 Å². The molecule has 2 amide bonds. The zero-order valence-electron chi connectivity index (χ0n) is 16.1. The van der Waals surface area contributed by atoms with Crippen molar-refractivity contribution < 1.29 is 23.5 Å². The summed E-state index contributed by atoms with van der Waals surface area (Å²) < 4.78 is 24.4. The lowest BCUT2D eigenvalue weighted by atomic mass is 10.2. The molecule has 0 aliphatic heterocycles. The second kappa shape index (κ2) is 10.9. The van der Waals surface area contributed by atoms with Gasteiger partial charge in [-0.2, -0.15) is 0 Å². The van der Waals surface area contributed by atoms with Crippen molar-refractivity contribution >= 4 is 11.8 Å². The predicted molar refractivity (Wildman–Crippen MR) is 104 cm³/mol. The monoisotopic (exact) mass is 388 g/mol. The highest BCUT2D eigenvalue weighted by Gasteiger charge is 2.13. The van der Waals surface area contributed by atoms with Gasteiger partial charge in [0.2, 0.25) is 11.8 Å². The molecule has 0 saturated heterocycles. The molecule has 0 fully saturated rings. The molecule has 0 saturated carbocycles. The van der Waals surface area contributed by atoms with Crippen LogP contribution in [0.15, 0.2) is 48.5 Å². The van der Waals surface area contributed by atoms with Crippen LogP contribution in [0, 0.1) is 5.82 Å². The molecule has 0 bridgehead atoms. The number of hydrogen-bond acceptors (Lipinski definition) is 4. The van der Waals surface area contributed by atoms with Gasteiger partial charge in [0.25, 0.3) is 0 Å². The fourth-order valence-corrected chi connectivity index (χ4v) is 2.54. The van der Waals surface area contributed by atoms with Crippen molar-refractivity contribution in [2.45, 2.75) is 19.9 Å². The Labute approximate surface area is 164 Å². The zero-order valence-corrected chi connectivity index (χ0v) is 16.1. The van der Waals surface area contributed by atoms with Gasteiger partial charge in [0.05, 0.1) is 13.7 Å².